The van der Waals surface area contributed by atoms with Crippen LogP contribution < -0.4 is 0 Å². The molecule has 0 bridgehead atoms. The summed E-state index contributed by atoms with van der Waals surface area (Å²) in [4.78, 5) is 13.9. The highest BCUT2D eigenvalue weighted by atomic mass is 79.9. The van der Waals surface area contributed by atoms with Crippen molar-refractivity contribution in [3.63, 3.8) is 0 Å². The monoisotopic (exact) mass is 392 g/mol. The van der Waals surface area contributed by atoms with Gasteiger partial charge in [-0.3, -0.25) is 0 Å². The Kier molecular flexibility index (Phi) is 5.49. The van der Waals surface area contributed by atoms with E-state index < -0.39 is 0 Å². The number of carbonyl (C=O) groups is 1. The average molecular weight is 393 g/mol. The van der Waals surface area contributed by atoms with E-state index in [4.69, 9.17) is 4.74 Å². The van der Waals surface area contributed by atoms with Crippen molar-refractivity contribution in [1.82, 2.24) is 9.47 Å². The number of rotatable bonds is 4. The minimum atomic E-state index is -0.153. The van der Waals surface area contributed by atoms with Gasteiger partial charge in [-0.15, -0.1) is 0 Å². The molecule has 1 saturated heterocycles. The third kappa shape index (κ3) is 3.61. The Morgan fingerprint density at radius 1 is 1.33 bits per heavy atom. The van der Waals surface area contributed by atoms with Crippen molar-refractivity contribution < 1.29 is 9.53 Å². The second kappa shape index (κ2) is 7.60. The molecular formula is C19H25BrN2O2. The molecule has 5 heteroatoms. The van der Waals surface area contributed by atoms with E-state index >= 15 is 0 Å². The van der Waals surface area contributed by atoms with Crippen molar-refractivity contribution in [2.24, 2.45) is 0 Å². The Morgan fingerprint density at radius 3 is 2.79 bits per heavy atom. The van der Waals surface area contributed by atoms with E-state index in [2.05, 4.69) is 58.7 Å². The zero-order valence-corrected chi connectivity index (χ0v) is 16.0. The molecule has 1 aromatic carbocycles. The first kappa shape index (κ1) is 17.3. The van der Waals surface area contributed by atoms with Crippen molar-refractivity contribution in [1.29, 1.82) is 0 Å². The Hall–Kier alpha value is -1.49. The summed E-state index contributed by atoms with van der Waals surface area (Å²) in [6.07, 6.45) is 6.03. The molecule has 1 aliphatic heterocycles. The average Bonchev–Trinajstić information content (AvgIpc) is 2.91. The van der Waals surface area contributed by atoms with Crippen molar-refractivity contribution in [2.45, 2.75) is 45.6 Å². The zero-order chi connectivity index (χ0) is 17.1. The minimum absolute atomic E-state index is 0.153. The van der Waals surface area contributed by atoms with E-state index in [0.717, 1.165) is 43.2 Å². The number of amides is 1. The van der Waals surface area contributed by atoms with Gasteiger partial charge in [-0.2, -0.15) is 0 Å². The maximum absolute atomic E-state index is 12.1. The summed E-state index contributed by atoms with van der Waals surface area (Å²) in [6, 6.07) is 6.90. The third-order valence-electron chi connectivity index (χ3n) is 4.83. The van der Waals surface area contributed by atoms with Gasteiger partial charge in [-0.1, -0.05) is 29.3 Å². The van der Waals surface area contributed by atoms with E-state index in [1.54, 1.807) is 0 Å². The summed E-state index contributed by atoms with van der Waals surface area (Å²) < 4.78 is 8.82. The highest BCUT2D eigenvalue weighted by Gasteiger charge is 2.25. The second-order valence-electron chi connectivity index (χ2n) is 6.57. The van der Waals surface area contributed by atoms with Gasteiger partial charge in [0.1, 0.15) is 0 Å². The Labute approximate surface area is 151 Å². The highest BCUT2D eigenvalue weighted by molar-refractivity contribution is 9.10. The van der Waals surface area contributed by atoms with Crippen LogP contribution in [0, 0.1) is 6.92 Å². The second-order valence-corrected chi connectivity index (χ2v) is 7.48. The lowest BCUT2D eigenvalue weighted by Gasteiger charge is -2.32. The van der Waals surface area contributed by atoms with Gasteiger partial charge in [-0.05, 0) is 49.9 Å². The normalized spacial score (nSPS) is 15.9. The quantitative estimate of drug-likeness (QED) is 0.662. The number of likely N-dealkylation sites (tertiary alicyclic amines) is 1. The van der Waals surface area contributed by atoms with Crippen molar-refractivity contribution in [3.8, 4) is 0 Å². The van der Waals surface area contributed by atoms with Crippen LogP contribution in [-0.2, 0) is 4.74 Å². The summed E-state index contributed by atoms with van der Waals surface area (Å²) in [5.41, 5.74) is 2.58. The number of hydrogen-bond donors (Lipinski definition) is 0. The molecule has 0 unspecified atom stereocenters. The van der Waals surface area contributed by atoms with Crippen LogP contribution in [0.1, 0.15) is 44.2 Å². The Morgan fingerprint density at radius 2 is 2.08 bits per heavy atom. The molecule has 3 rings (SSSR count). The number of fused-ring (bicyclic) bond motifs is 1. The number of ether oxygens (including phenoxy) is 1. The van der Waals surface area contributed by atoms with Crippen LogP contribution in [0.5, 0.6) is 0 Å². The fourth-order valence-electron chi connectivity index (χ4n) is 3.42. The molecule has 1 aliphatic rings. The lowest BCUT2D eigenvalue weighted by molar-refractivity contribution is 0.0878. The van der Waals surface area contributed by atoms with Gasteiger partial charge in [0.2, 0.25) is 0 Å². The number of aromatic nitrogens is 1. The number of benzene rings is 1. The van der Waals surface area contributed by atoms with E-state index in [1.807, 2.05) is 4.90 Å². The molecular weight excluding hydrogens is 368 g/mol. The molecule has 1 fully saturated rings. The maximum Gasteiger partial charge on any atom is 0.409 e. The lowest BCUT2D eigenvalue weighted by Crippen LogP contribution is -2.39. The molecule has 1 amide bonds. The summed E-state index contributed by atoms with van der Waals surface area (Å²) in [5, 5.41) is 1.30. The number of hydrogen-bond acceptors (Lipinski definition) is 2. The Balaban J connectivity index is 1.66. The predicted octanol–water partition coefficient (Wildman–Crippen LogP) is 5.29. The van der Waals surface area contributed by atoms with Crippen molar-refractivity contribution >= 4 is 32.9 Å². The van der Waals surface area contributed by atoms with Gasteiger partial charge >= 0.3 is 6.09 Å². The van der Waals surface area contributed by atoms with Crippen LogP contribution in [0.25, 0.3) is 10.9 Å². The molecule has 0 saturated carbocycles. The molecule has 4 nitrogen and oxygen atoms in total. The van der Waals surface area contributed by atoms with Crippen molar-refractivity contribution in [2.75, 3.05) is 19.7 Å². The van der Waals surface area contributed by atoms with Gasteiger partial charge in [0.25, 0.3) is 0 Å². The molecule has 2 aromatic rings. The molecule has 1 aromatic heterocycles. The number of carbonyl (C=O) groups excluding carboxylic acids is 1. The molecule has 24 heavy (non-hydrogen) atoms. The number of nitrogens with zero attached hydrogens (tertiary/aromatic N) is 2. The number of aryl methyl sites for hydroxylation is 1. The first-order valence-corrected chi connectivity index (χ1v) is 9.58. The first-order valence-electron chi connectivity index (χ1n) is 8.78. The van der Waals surface area contributed by atoms with Gasteiger partial charge in [0.15, 0.2) is 0 Å². The topological polar surface area (TPSA) is 34.5 Å². The summed E-state index contributed by atoms with van der Waals surface area (Å²) in [5.74, 6) is 0. The molecule has 0 N–H and O–H groups in total. The van der Waals surface area contributed by atoms with Gasteiger partial charge in [-0.25, -0.2) is 4.79 Å². The van der Waals surface area contributed by atoms with Crippen molar-refractivity contribution in [3.05, 3.63) is 34.4 Å². The maximum atomic E-state index is 12.1. The predicted molar refractivity (Wildman–Crippen MR) is 100 cm³/mol. The molecule has 0 atom stereocenters. The zero-order valence-electron chi connectivity index (χ0n) is 14.4. The summed E-state index contributed by atoms with van der Waals surface area (Å²) in [7, 11) is 0. The minimum Gasteiger partial charge on any atom is -0.449 e. The number of unbranched alkanes of at least 4 members (excludes halogenated alkanes) is 1. The molecule has 0 aliphatic carbocycles. The van der Waals surface area contributed by atoms with Crippen LogP contribution in [-0.4, -0.2) is 35.3 Å². The van der Waals surface area contributed by atoms with Gasteiger partial charge < -0.3 is 14.2 Å². The van der Waals surface area contributed by atoms with Gasteiger partial charge in [0, 0.05) is 40.7 Å². The molecule has 0 radical (unpaired) electrons. The van der Waals surface area contributed by atoms with Crippen LogP contribution in [0.15, 0.2) is 28.9 Å². The Bertz CT molecular complexity index is 717. The number of piperidine rings is 1. The fourth-order valence-corrected chi connectivity index (χ4v) is 3.78. The van der Waals surface area contributed by atoms with Crippen LogP contribution in [0.3, 0.4) is 0 Å². The standard InChI is InChI=1S/C19H25BrN2O2/c1-3-4-11-24-19(23)21-9-7-16(8-10-21)22-13-14(2)17-12-15(20)5-6-18(17)22/h5-6,12-13,16H,3-4,7-11H2,1-2H3. The van der Waals surface area contributed by atoms with E-state index in [1.165, 1.54) is 16.5 Å². The molecule has 2 heterocycles. The third-order valence-corrected chi connectivity index (χ3v) is 5.33. The first-order chi connectivity index (χ1) is 11.6. The van der Waals surface area contributed by atoms with Gasteiger partial charge in [0.05, 0.1) is 6.61 Å². The van der Waals surface area contributed by atoms with E-state index in [-0.39, 0.29) is 6.09 Å². The molecule has 0 spiro atoms. The lowest BCUT2D eigenvalue weighted by atomic mass is 10.1. The van der Waals surface area contributed by atoms with Crippen LogP contribution in [0.4, 0.5) is 4.79 Å². The largest absolute Gasteiger partial charge is 0.449 e. The number of halogens is 1. The fraction of sp³-hybridized carbons (Fsp3) is 0.526. The van der Waals surface area contributed by atoms with Crippen LogP contribution >= 0.6 is 15.9 Å². The van der Waals surface area contributed by atoms with E-state index in [9.17, 15) is 4.79 Å². The SMILES string of the molecule is CCCCOC(=O)N1CCC(n2cc(C)c3cc(Br)ccc32)CC1. The smallest absolute Gasteiger partial charge is 0.409 e. The van der Waals surface area contributed by atoms with Crippen LogP contribution in [0.2, 0.25) is 0 Å². The molecule has 130 valence electrons. The summed E-state index contributed by atoms with van der Waals surface area (Å²) >= 11 is 3.55. The highest BCUT2D eigenvalue weighted by Crippen LogP contribution is 2.31. The van der Waals surface area contributed by atoms with E-state index in [0.29, 0.717) is 12.6 Å². The summed E-state index contributed by atoms with van der Waals surface area (Å²) in [6.45, 7) is 6.33.